The van der Waals surface area contributed by atoms with Gasteiger partial charge < -0.3 is 9.64 Å². The summed E-state index contributed by atoms with van der Waals surface area (Å²) in [7, 11) is 0. The lowest BCUT2D eigenvalue weighted by atomic mass is 10.3. The molecule has 1 atom stereocenters. The van der Waals surface area contributed by atoms with Crippen molar-refractivity contribution in [2.75, 3.05) is 24.6 Å². The molecule has 1 aromatic rings. The second kappa shape index (κ2) is 4.11. The molecular weight excluding hydrogens is 202 g/mol. The zero-order valence-electron chi connectivity index (χ0n) is 7.98. The summed E-state index contributed by atoms with van der Waals surface area (Å²) < 4.78 is 5.44. The van der Waals surface area contributed by atoms with Crippen LogP contribution in [0.2, 0.25) is 5.15 Å². The SMILES string of the molecule is CC1CN(c2nccnc2Cl)CCO1. The summed E-state index contributed by atoms with van der Waals surface area (Å²) in [6.07, 6.45) is 3.47. The molecule has 0 radical (unpaired) electrons. The maximum Gasteiger partial charge on any atom is 0.171 e. The van der Waals surface area contributed by atoms with E-state index in [1.807, 2.05) is 6.92 Å². The van der Waals surface area contributed by atoms with E-state index in [4.69, 9.17) is 16.3 Å². The standard InChI is InChI=1S/C9H12ClN3O/c1-7-6-13(4-5-14-7)9-8(10)11-2-3-12-9/h2-3,7H,4-6H2,1H3. The third-order valence-electron chi connectivity index (χ3n) is 2.18. The molecule has 0 bridgehead atoms. The molecule has 2 rings (SSSR count). The summed E-state index contributed by atoms with van der Waals surface area (Å²) in [4.78, 5) is 10.3. The zero-order valence-corrected chi connectivity index (χ0v) is 8.74. The number of nitrogens with zero attached hydrogens (tertiary/aromatic N) is 3. The molecule has 0 aliphatic carbocycles. The van der Waals surface area contributed by atoms with E-state index in [1.165, 1.54) is 0 Å². The molecular formula is C9H12ClN3O. The van der Waals surface area contributed by atoms with E-state index in [9.17, 15) is 0 Å². The molecule has 0 N–H and O–H groups in total. The maximum atomic E-state index is 5.95. The van der Waals surface area contributed by atoms with Crippen molar-refractivity contribution in [2.24, 2.45) is 0 Å². The third kappa shape index (κ3) is 1.96. The first kappa shape index (κ1) is 9.68. The minimum absolute atomic E-state index is 0.224. The average Bonchev–Trinajstić information content (AvgIpc) is 2.18. The summed E-state index contributed by atoms with van der Waals surface area (Å²) >= 11 is 5.95. The first-order valence-corrected chi connectivity index (χ1v) is 4.98. The van der Waals surface area contributed by atoms with Gasteiger partial charge in [0.05, 0.1) is 12.7 Å². The van der Waals surface area contributed by atoms with Gasteiger partial charge in [-0.15, -0.1) is 0 Å². The lowest BCUT2D eigenvalue weighted by Gasteiger charge is -2.31. The van der Waals surface area contributed by atoms with Crippen LogP contribution in [-0.4, -0.2) is 35.8 Å². The van der Waals surface area contributed by atoms with Gasteiger partial charge in [-0.3, -0.25) is 0 Å². The van der Waals surface area contributed by atoms with Crippen molar-refractivity contribution in [3.63, 3.8) is 0 Å². The van der Waals surface area contributed by atoms with E-state index in [0.717, 1.165) is 18.9 Å². The lowest BCUT2D eigenvalue weighted by molar-refractivity contribution is 0.0529. The second-order valence-electron chi connectivity index (χ2n) is 3.30. The normalized spacial score (nSPS) is 22.4. The molecule has 0 saturated carbocycles. The summed E-state index contributed by atoms with van der Waals surface area (Å²) in [6.45, 7) is 4.39. The van der Waals surface area contributed by atoms with Crippen molar-refractivity contribution in [3.05, 3.63) is 17.5 Å². The van der Waals surface area contributed by atoms with Crippen molar-refractivity contribution >= 4 is 17.4 Å². The second-order valence-corrected chi connectivity index (χ2v) is 3.66. The van der Waals surface area contributed by atoms with Crippen LogP contribution in [0.1, 0.15) is 6.92 Å². The van der Waals surface area contributed by atoms with Crippen LogP contribution in [0.15, 0.2) is 12.4 Å². The van der Waals surface area contributed by atoms with Crippen molar-refractivity contribution in [1.82, 2.24) is 9.97 Å². The monoisotopic (exact) mass is 213 g/mol. The molecule has 4 nitrogen and oxygen atoms in total. The summed E-state index contributed by atoms with van der Waals surface area (Å²) in [5.41, 5.74) is 0. The maximum absolute atomic E-state index is 5.95. The smallest absolute Gasteiger partial charge is 0.171 e. The van der Waals surface area contributed by atoms with Crippen LogP contribution in [-0.2, 0) is 4.74 Å². The fourth-order valence-corrected chi connectivity index (χ4v) is 1.76. The molecule has 1 unspecified atom stereocenters. The highest BCUT2D eigenvalue weighted by atomic mass is 35.5. The van der Waals surface area contributed by atoms with Gasteiger partial charge in [0.15, 0.2) is 11.0 Å². The molecule has 0 amide bonds. The first-order chi connectivity index (χ1) is 6.77. The molecule has 1 fully saturated rings. The Labute approximate surface area is 87.9 Å². The number of aromatic nitrogens is 2. The number of ether oxygens (including phenoxy) is 1. The molecule has 0 aromatic carbocycles. The summed E-state index contributed by atoms with van der Waals surface area (Å²) in [5.74, 6) is 0.754. The largest absolute Gasteiger partial charge is 0.375 e. The predicted octanol–water partition coefficient (Wildman–Crippen LogP) is 1.36. The quantitative estimate of drug-likeness (QED) is 0.706. The van der Waals surface area contributed by atoms with Crippen molar-refractivity contribution < 1.29 is 4.74 Å². The summed E-state index contributed by atoms with van der Waals surface area (Å²) in [5, 5.41) is 0.460. The van der Waals surface area contributed by atoms with Gasteiger partial charge in [0.2, 0.25) is 0 Å². The molecule has 2 heterocycles. The average molecular weight is 214 g/mol. The van der Waals surface area contributed by atoms with E-state index < -0.39 is 0 Å². The fraction of sp³-hybridized carbons (Fsp3) is 0.556. The highest BCUT2D eigenvalue weighted by molar-refractivity contribution is 6.31. The van der Waals surface area contributed by atoms with E-state index >= 15 is 0 Å². The van der Waals surface area contributed by atoms with Crippen molar-refractivity contribution in [1.29, 1.82) is 0 Å². The Hall–Kier alpha value is -0.870. The Balaban J connectivity index is 2.18. The predicted molar refractivity (Wildman–Crippen MR) is 54.7 cm³/mol. The highest BCUT2D eigenvalue weighted by Gasteiger charge is 2.19. The number of hydrogen-bond donors (Lipinski definition) is 0. The van der Waals surface area contributed by atoms with Gasteiger partial charge in [0, 0.05) is 25.5 Å². The van der Waals surface area contributed by atoms with Crippen LogP contribution in [0.4, 0.5) is 5.82 Å². The molecule has 1 saturated heterocycles. The van der Waals surface area contributed by atoms with Crippen LogP contribution in [0.3, 0.4) is 0 Å². The molecule has 14 heavy (non-hydrogen) atoms. The molecule has 1 aromatic heterocycles. The van der Waals surface area contributed by atoms with E-state index in [-0.39, 0.29) is 6.10 Å². The number of hydrogen-bond acceptors (Lipinski definition) is 4. The Bertz CT molecular complexity index is 321. The van der Waals surface area contributed by atoms with Gasteiger partial charge in [-0.2, -0.15) is 0 Å². The highest BCUT2D eigenvalue weighted by Crippen LogP contribution is 2.21. The first-order valence-electron chi connectivity index (χ1n) is 4.60. The van der Waals surface area contributed by atoms with Gasteiger partial charge in [-0.1, -0.05) is 11.6 Å². The molecule has 76 valence electrons. The van der Waals surface area contributed by atoms with Crippen molar-refractivity contribution in [3.8, 4) is 0 Å². The Morgan fingerprint density at radius 1 is 1.50 bits per heavy atom. The van der Waals surface area contributed by atoms with Crippen molar-refractivity contribution in [2.45, 2.75) is 13.0 Å². The minimum Gasteiger partial charge on any atom is -0.375 e. The van der Waals surface area contributed by atoms with Crippen LogP contribution in [0.25, 0.3) is 0 Å². The third-order valence-corrected chi connectivity index (χ3v) is 2.44. The molecule has 1 aliphatic heterocycles. The van der Waals surface area contributed by atoms with E-state index in [2.05, 4.69) is 14.9 Å². The molecule has 1 aliphatic rings. The van der Waals surface area contributed by atoms with Gasteiger partial charge in [-0.25, -0.2) is 9.97 Å². The topological polar surface area (TPSA) is 38.2 Å². The van der Waals surface area contributed by atoms with E-state index in [0.29, 0.717) is 11.8 Å². The van der Waals surface area contributed by atoms with Gasteiger partial charge in [-0.05, 0) is 6.92 Å². The Morgan fingerprint density at radius 2 is 2.29 bits per heavy atom. The zero-order chi connectivity index (χ0) is 9.97. The Morgan fingerprint density at radius 3 is 3.00 bits per heavy atom. The van der Waals surface area contributed by atoms with Gasteiger partial charge in [0.1, 0.15) is 0 Å². The van der Waals surface area contributed by atoms with Crippen LogP contribution >= 0.6 is 11.6 Å². The van der Waals surface area contributed by atoms with E-state index in [1.54, 1.807) is 12.4 Å². The number of anilines is 1. The number of morpholine rings is 1. The number of rotatable bonds is 1. The number of halogens is 1. The molecule has 0 spiro atoms. The Kier molecular flexibility index (Phi) is 2.84. The minimum atomic E-state index is 0.224. The van der Waals surface area contributed by atoms with Gasteiger partial charge in [0.25, 0.3) is 0 Å². The summed E-state index contributed by atoms with van der Waals surface area (Å²) in [6, 6.07) is 0. The van der Waals surface area contributed by atoms with Crippen LogP contribution < -0.4 is 4.90 Å². The fourth-order valence-electron chi connectivity index (χ4n) is 1.54. The van der Waals surface area contributed by atoms with Crippen LogP contribution in [0, 0.1) is 0 Å². The van der Waals surface area contributed by atoms with Crippen LogP contribution in [0.5, 0.6) is 0 Å². The molecule has 5 heteroatoms. The lowest BCUT2D eigenvalue weighted by Crippen LogP contribution is -2.41. The van der Waals surface area contributed by atoms with Gasteiger partial charge >= 0.3 is 0 Å².